The Morgan fingerprint density at radius 1 is 1.50 bits per heavy atom. The van der Waals surface area contributed by atoms with E-state index in [-0.39, 0.29) is 0 Å². The summed E-state index contributed by atoms with van der Waals surface area (Å²) in [6.07, 6.45) is 3.09. The van der Waals surface area contributed by atoms with Gasteiger partial charge < -0.3 is 4.74 Å². The molecule has 1 aliphatic carbocycles. The minimum Gasteiger partial charge on any atom is -0.377 e. The van der Waals surface area contributed by atoms with E-state index in [0.29, 0.717) is 6.10 Å². The van der Waals surface area contributed by atoms with E-state index >= 15 is 0 Å². The van der Waals surface area contributed by atoms with Crippen molar-refractivity contribution in [2.24, 2.45) is 0 Å². The van der Waals surface area contributed by atoms with Gasteiger partial charge >= 0.3 is 0 Å². The summed E-state index contributed by atoms with van der Waals surface area (Å²) in [5.74, 6) is 0. The lowest BCUT2D eigenvalue weighted by molar-refractivity contribution is 0.0558. The molecule has 1 aromatic rings. The molecule has 1 saturated carbocycles. The minimum absolute atomic E-state index is 0.350. The zero-order chi connectivity index (χ0) is 11.4. The Bertz CT molecular complexity index is 293. The van der Waals surface area contributed by atoms with Crippen LogP contribution in [0, 0.1) is 0 Å². The maximum atomic E-state index is 5.63. The van der Waals surface area contributed by atoms with E-state index < -0.39 is 0 Å². The van der Waals surface area contributed by atoms with Gasteiger partial charge in [-0.15, -0.1) is 11.3 Å². The maximum Gasteiger partial charge on any atom is 0.0597 e. The van der Waals surface area contributed by atoms with Gasteiger partial charge in [0.25, 0.3) is 0 Å². The van der Waals surface area contributed by atoms with Crippen LogP contribution in [0.25, 0.3) is 0 Å². The standard InChI is InChI=1S/C13H21NOS/c1-11(2)15-8-7-14(12-5-6-12)10-13-4-3-9-16-13/h3-4,9,11-12H,5-8,10H2,1-2H3. The normalized spacial score (nSPS) is 16.2. The minimum atomic E-state index is 0.350. The molecule has 0 unspecified atom stereocenters. The van der Waals surface area contributed by atoms with Gasteiger partial charge in [0.1, 0.15) is 0 Å². The van der Waals surface area contributed by atoms with Crippen molar-refractivity contribution in [3.8, 4) is 0 Å². The maximum absolute atomic E-state index is 5.63. The number of thiophene rings is 1. The largest absolute Gasteiger partial charge is 0.377 e. The lowest BCUT2D eigenvalue weighted by atomic mass is 10.4. The summed E-state index contributed by atoms with van der Waals surface area (Å²) >= 11 is 1.85. The average Bonchev–Trinajstić information content (AvgIpc) is 2.96. The first kappa shape index (κ1) is 12.1. The molecule has 1 aliphatic rings. The van der Waals surface area contributed by atoms with Crippen LogP contribution in [0.1, 0.15) is 31.6 Å². The van der Waals surface area contributed by atoms with Crippen molar-refractivity contribution >= 4 is 11.3 Å². The van der Waals surface area contributed by atoms with Crippen LogP contribution in [0.3, 0.4) is 0 Å². The van der Waals surface area contributed by atoms with Crippen LogP contribution in [-0.2, 0) is 11.3 Å². The van der Waals surface area contributed by atoms with E-state index in [2.05, 4.69) is 36.3 Å². The SMILES string of the molecule is CC(C)OCCN(Cc1cccs1)C1CC1. The number of ether oxygens (including phenoxy) is 1. The van der Waals surface area contributed by atoms with Crippen LogP contribution in [0.2, 0.25) is 0 Å². The molecule has 0 aliphatic heterocycles. The second kappa shape index (κ2) is 5.80. The Balaban J connectivity index is 1.76. The van der Waals surface area contributed by atoms with Crippen LogP contribution >= 0.6 is 11.3 Å². The Hall–Kier alpha value is -0.380. The first-order chi connectivity index (χ1) is 7.75. The van der Waals surface area contributed by atoms with Gasteiger partial charge in [-0.2, -0.15) is 0 Å². The molecule has 3 heteroatoms. The first-order valence-electron chi connectivity index (χ1n) is 6.13. The van der Waals surface area contributed by atoms with Crippen molar-refractivity contribution in [1.29, 1.82) is 0 Å². The molecule has 0 aromatic carbocycles. The Labute approximate surface area is 102 Å². The Morgan fingerprint density at radius 2 is 2.31 bits per heavy atom. The summed E-state index contributed by atoms with van der Waals surface area (Å²) in [6.45, 7) is 7.23. The molecule has 90 valence electrons. The highest BCUT2D eigenvalue weighted by Crippen LogP contribution is 2.28. The fourth-order valence-electron chi connectivity index (χ4n) is 1.84. The van der Waals surface area contributed by atoms with Gasteiger partial charge in [0.05, 0.1) is 12.7 Å². The van der Waals surface area contributed by atoms with E-state index in [0.717, 1.165) is 25.7 Å². The highest BCUT2D eigenvalue weighted by Gasteiger charge is 2.28. The third-order valence-corrected chi connectivity index (χ3v) is 3.69. The lowest BCUT2D eigenvalue weighted by Crippen LogP contribution is -2.29. The quantitative estimate of drug-likeness (QED) is 0.725. The van der Waals surface area contributed by atoms with E-state index in [4.69, 9.17) is 4.74 Å². The summed E-state index contributed by atoms with van der Waals surface area (Å²) in [5, 5.41) is 2.16. The topological polar surface area (TPSA) is 12.5 Å². The summed E-state index contributed by atoms with van der Waals surface area (Å²) in [6, 6.07) is 5.18. The van der Waals surface area contributed by atoms with Crippen molar-refractivity contribution in [2.45, 2.75) is 45.4 Å². The lowest BCUT2D eigenvalue weighted by Gasteiger charge is -2.21. The zero-order valence-corrected chi connectivity index (χ0v) is 11.0. The predicted octanol–water partition coefficient (Wildman–Crippen LogP) is 3.14. The molecule has 1 heterocycles. The number of hydrogen-bond acceptors (Lipinski definition) is 3. The molecule has 1 aromatic heterocycles. The monoisotopic (exact) mass is 239 g/mol. The van der Waals surface area contributed by atoms with Gasteiger partial charge in [-0.25, -0.2) is 0 Å². The summed E-state index contributed by atoms with van der Waals surface area (Å²) in [4.78, 5) is 4.03. The molecule has 0 spiro atoms. The number of nitrogens with zero attached hydrogens (tertiary/aromatic N) is 1. The van der Waals surface area contributed by atoms with Crippen LogP contribution in [-0.4, -0.2) is 30.2 Å². The second-order valence-corrected chi connectivity index (χ2v) is 5.73. The van der Waals surface area contributed by atoms with Gasteiger partial charge in [-0.05, 0) is 38.1 Å². The van der Waals surface area contributed by atoms with Gasteiger partial charge in [-0.3, -0.25) is 4.90 Å². The molecule has 0 bridgehead atoms. The highest BCUT2D eigenvalue weighted by atomic mass is 32.1. The van der Waals surface area contributed by atoms with Gasteiger partial charge in [0, 0.05) is 24.0 Å². The molecule has 0 radical (unpaired) electrons. The highest BCUT2D eigenvalue weighted by molar-refractivity contribution is 7.09. The summed E-state index contributed by atoms with van der Waals surface area (Å²) in [7, 11) is 0. The number of rotatable bonds is 7. The number of hydrogen-bond donors (Lipinski definition) is 0. The molecule has 0 saturated heterocycles. The Morgan fingerprint density at radius 3 is 2.88 bits per heavy atom. The van der Waals surface area contributed by atoms with Gasteiger partial charge in [-0.1, -0.05) is 6.07 Å². The predicted molar refractivity (Wildman–Crippen MR) is 68.8 cm³/mol. The molecule has 0 amide bonds. The van der Waals surface area contributed by atoms with Crippen LogP contribution < -0.4 is 0 Å². The summed E-state index contributed by atoms with van der Waals surface area (Å²) < 4.78 is 5.63. The molecule has 2 nitrogen and oxygen atoms in total. The molecular weight excluding hydrogens is 218 g/mol. The fraction of sp³-hybridized carbons (Fsp3) is 0.692. The molecule has 1 fully saturated rings. The molecular formula is C13H21NOS. The zero-order valence-electron chi connectivity index (χ0n) is 10.2. The van der Waals surface area contributed by atoms with Crippen molar-refractivity contribution in [2.75, 3.05) is 13.2 Å². The third-order valence-electron chi connectivity index (χ3n) is 2.83. The fourth-order valence-corrected chi connectivity index (χ4v) is 2.57. The van der Waals surface area contributed by atoms with E-state index in [1.807, 2.05) is 11.3 Å². The molecule has 16 heavy (non-hydrogen) atoms. The van der Waals surface area contributed by atoms with Gasteiger partial charge in [0.2, 0.25) is 0 Å². The molecule has 2 rings (SSSR count). The summed E-state index contributed by atoms with van der Waals surface area (Å²) in [5.41, 5.74) is 0. The van der Waals surface area contributed by atoms with E-state index in [9.17, 15) is 0 Å². The molecule has 0 atom stereocenters. The van der Waals surface area contributed by atoms with Crippen molar-refractivity contribution in [3.05, 3.63) is 22.4 Å². The van der Waals surface area contributed by atoms with Crippen molar-refractivity contribution in [3.63, 3.8) is 0 Å². The van der Waals surface area contributed by atoms with Crippen molar-refractivity contribution in [1.82, 2.24) is 4.90 Å². The smallest absolute Gasteiger partial charge is 0.0597 e. The molecule has 0 N–H and O–H groups in total. The first-order valence-corrected chi connectivity index (χ1v) is 7.01. The van der Waals surface area contributed by atoms with Crippen LogP contribution in [0.5, 0.6) is 0 Å². The second-order valence-electron chi connectivity index (χ2n) is 4.70. The van der Waals surface area contributed by atoms with Crippen LogP contribution in [0.4, 0.5) is 0 Å². The van der Waals surface area contributed by atoms with Gasteiger partial charge in [0.15, 0.2) is 0 Å². The van der Waals surface area contributed by atoms with Crippen LogP contribution in [0.15, 0.2) is 17.5 Å². The third kappa shape index (κ3) is 3.89. The van der Waals surface area contributed by atoms with E-state index in [1.165, 1.54) is 17.7 Å². The van der Waals surface area contributed by atoms with Crippen molar-refractivity contribution < 1.29 is 4.74 Å². The van der Waals surface area contributed by atoms with E-state index in [1.54, 1.807) is 0 Å². The average molecular weight is 239 g/mol. The Kier molecular flexibility index (Phi) is 4.38.